The van der Waals surface area contributed by atoms with Gasteiger partial charge in [0.15, 0.2) is 0 Å². The van der Waals surface area contributed by atoms with Crippen LogP contribution in [0, 0.1) is 0 Å². The first-order chi connectivity index (χ1) is 11.4. The SMILES string of the molecule is COC(=O)[C@@H](Cc1ccccc1)NC(=O)[C@H]1CSC(C)(C)N1C=O. The van der Waals surface area contributed by atoms with Crippen LogP contribution in [0.1, 0.15) is 19.4 Å². The number of hydrogen-bond acceptors (Lipinski definition) is 5. The van der Waals surface area contributed by atoms with Gasteiger partial charge in [-0.1, -0.05) is 30.3 Å². The van der Waals surface area contributed by atoms with Crippen molar-refractivity contribution in [1.82, 2.24) is 10.2 Å². The molecule has 130 valence electrons. The van der Waals surface area contributed by atoms with Crippen LogP contribution in [-0.4, -0.2) is 53.0 Å². The molecule has 1 fully saturated rings. The zero-order valence-electron chi connectivity index (χ0n) is 14.0. The molecule has 0 saturated carbocycles. The summed E-state index contributed by atoms with van der Waals surface area (Å²) in [6.45, 7) is 3.78. The number of benzene rings is 1. The van der Waals surface area contributed by atoms with Gasteiger partial charge in [0.2, 0.25) is 12.3 Å². The fourth-order valence-corrected chi connectivity index (χ4v) is 3.87. The predicted octanol–water partition coefficient (Wildman–Crippen LogP) is 1.20. The van der Waals surface area contributed by atoms with Crippen molar-refractivity contribution in [2.75, 3.05) is 12.9 Å². The molecule has 1 saturated heterocycles. The average Bonchev–Trinajstić information content (AvgIpc) is 2.88. The van der Waals surface area contributed by atoms with Crippen LogP contribution in [0.3, 0.4) is 0 Å². The van der Waals surface area contributed by atoms with Crippen LogP contribution in [0.4, 0.5) is 0 Å². The van der Waals surface area contributed by atoms with Gasteiger partial charge in [0, 0.05) is 12.2 Å². The molecular formula is C17H22N2O4S. The lowest BCUT2D eigenvalue weighted by molar-refractivity contribution is -0.146. The zero-order chi connectivity index (χ0) is 17.7. The van der Waals surface area contributed by atoms with Gasteiger partial charge < -0.3 is 15.0 Å². The minimum Gasteiger partial charge on any atom is -0.467 e. The van der Waals surface area contributed by atoms with E-state index in [-0.39, 0.29) is 5.91 Å². The number of esters is 1. The number of thioether (sulfide) groups is 1. The number of methoxy groups -OCH3 is 1. The molecule has 0 unspecified atom stereocenters. The van der Waals surface area contributed by atoms with Crippen LogP contribution in [0.15, 0.2) is 30.3 Å². The Morgan fingerprint density at radius 1 is 1.42 bits per heavy atom. The molecule has 2 rings (SSSR count). The Morgan fingerprint density at radius 3 is 2.67 bits per heavy atom. The van der Waals surface area contributed by atoms with E-state index in [9.17, 15) is 14.4 Å². The maximum absolute atomic E-state index is 12.6. The van der Waals surface area contributed by atoms with Crippen molar-refractivity contribution in [2.45, 2.75) is 37.2 Å². The van der Waals surface area contributed by atoms with Gasteiger partial charge in [-0.15, -0.1) is 11.8 Å². The summed E-state index contributed by atoms with van der Waals surface area (Å²) >= 11 is 1.53. The van der Waals surface area contributed by atoms with E-state index in [0.29, 0.717) is 18.6 Å². The van der Waals surface area contributed by atoms with E-state index in [2.05, 4.69) is 5.32 Å². The normalized spacial score (nSPS) is 20.3. The summed E-state index contributed by atoms with van der Waals surface area (Å²) in [4.78, 5) is 37.0. The van der Waals surface area contributed by atoms with Crippen molar-refractivity contribution < 1.29 is 19.1 Å². The van der Waals surface area contributed by atoms with Gasteiger partial charge in [0.25, 0.3) is 0 Å². The third kappa shape index (κ3) is 4.08. The van der Waals surface area contributed by atoms with Crippen LogP contribution in [0.2, 0.25) is 0 Å². The Balaban J connectivity index is 2.10. The number of ether oxygens (including phenoxy) is 1. The van der Waals surface area contributed by atoms with Crippen molar-refractivity contribution in [3.05, 3.63) is 35.9 Å². The third-order valence-electron chi connectivity index (χ3n) is 4.05. The molecule has 0 aromatic heterocycles. The fraction of sp³-hybridized carbons (Fsp3) is 0.471. The Morgan fingerprint density at radius 2 is 2.08 bits per heavy atom. The van der Waals surface area contributed by atoms with Crippen molar-refractivity contribution in [2.24, 2.45) is 0 Å². The van der Waals surface area contributed by atoms with E-state index >= 15 is 0 Å². The number of carbonyl (C=O) groups excluding carboxylic acids is 3. The molecule has 2 atom stereocenters. The molecule has 1 aromatic rings. The van der Waals surface area contributed by atoms with E-state index in [1.165, 1.54) is 23.8 Å². The highest BCUT2D eigenvalue weighted by Gasteiger charge is 2.43. The molecule has 6 nitrogen and oxygen atoms in total. The third-order valence-corrected chi connectivity index (χ3v) is 5.45. The molecule has 1 aliphatic rings. The summed E-state index contributed by atoms with van der Waals surface area (Å²) in [5.41, 5.74) is 0.918. The van der Waals surface area contributed by atoms with E-state index in [1.54, 1.807) is 0 Å². The van der Waals surface area contributed by atoms with Crippen molar-refractivity contribution in [3.63, 3.8) is 0 Å². The lowest BCUT2D eigenvalue weighted by Gasteiger charge is -2.30. The van der Waals surface area contributed by atoms with E-state index < -0.39 is 22.9 Å². The van der Waals surface area contributed by atoms with E-state index in [0.717, 1.165) is 5.56 Å². The monoisotopic (exact) mass is 350 g/mol. The molecule has 7 heteroatoms. The fourth-order valence-electron chi connectivity index (χ4n) is 2.67. The second-order valence-electron chi connectivity index (χ2n) is 6.06. The highest BCUT2D eigenvalue weighted by Crippen LogP contribution is 2.37. The van der Waals surface area contributed by atoms with Gasteiger partial charge >= 0.3 is 5.97 Å². The summed E-state index contributed by atoms with van der Waals surface area (Å²) < 4.78 is 4.80. The minimum atomic E-state index is -0.785. The molecule has 2 amide bonds. The largest absolute Gasteiger partial charge is 0.467 e. The highest BCUT2D eigenvalue weighted by atomic mass is 32.2. The molecule has 0 aliphatic carbocycles. The van der Waals surface area contributed by atoms with Crippen molar-refractivity contribution in [3.8, 4) is 0 Å². The second-order valence-corrected chi connectivity index (χ2v) is 7.68. The first-order valence-electron chi connectivity index (χ1n) is 7.69. The Bertz CT molecular complexity index is 606. The summed E-state index contributed by atoms with van der Waals surface area (Å²) in [6, 6.07) is 8.01. The first-order valence-corrected chi connectivity index (χ1v) is 8.67. The smallest absolute Gasteiger partial charge is 0.328 e. The topological polar surface area (TPSA) is 75.7 Å². The predicted molar refractivity (Wildman–Crippen MR) is 92.3 cm³/mol. The first kappa shape index (κ1) is 18.3. The van der Waals surface area contributed by atoms with Gasteiger partial charge in [-0.25, -0.2) is 4.79 Å². The Labute approximate surface area is 145 Å². The van der Waals surface area contributed by atoms with Crippen molar-refractivity contribution in [1.29, 1.82) is 0 Å². The van der Waals surface area contributed by atoms with Gasteiger partial charge in [-0.3, -0.25) is 9.59 Å². The number of carbonyl (C=O) groups is 3. The number of nitrogens with zero attached hydrogens (tertiary/aromatic N) is 1. The molecule has 1 heterocycles. The van der Waals surface area contributed by atoms with E-state index in [4.69, 9.17) is 4.74 Å². The summed E-state index contributed by atoms with van der Waals surface area (Å²) in [5, 5.41) is 2.73. The molecule has 1 aliphatic heterocycles. The lowest BCUT2D eigenvalue weighted by Crippen LogP contribution is -2.53. The van der Waals surface area contributed by atoms with Crippen LogP contribution in [0.5, 0.6) is 0 Å². The molecule has 0 radical (unpaired) electrons. The molecule has 24 heavy (non-hydrogen) atoms. The average molecular weight is 350 g/mol. The number of amides is 2. The highest BCUT2D eigenvalue weighted by molar-refractivity contribution is 8.00. The summed E-state index contributed by atoms with van der Waals surface area (Å²) in [5.74, 6) is -0.349. The van der Waals surface area contributed by atoms with Gasteiger partial charge in [-0.2, -0.15) is 0 Å². The zero-order valence-corrected chi connectivity index (χ0v) is 14.8. The molecule has 1 N–H and O–H groups in total. The number of rotatable bonds is 6. The summed E-state index contributed by atoms with van der Waals surface area (Å²) in [6.07, 6.45) is 1.03. The number of nitrogens with one attached hydrogen (secondary N) is 1. The molecule has 1 aromatic carbocycles. The molecular weight excluding hydrogens is 328 g/mol. The quantitative estimate of drug-likeness (QED) is 0.616. The van der Waals surface area contributed by atoms with Crippen LogP contribution >= 0.6 is 11.8 Å². The molecule has 0 spiro atoms. The Hall–Kier alpha value is -2.02. The van der Waals surface area contributed by atoms with Crippen LogP contribution < -0.4 is 5.32 Å². The lowest BCUT2D eigenvalue weighted by atomic mass is 10.1. The van der Waals surface area contributed by atoms with Crippen LogP contribution in [0.25, 0.3) is 0 Å². The van der Waals surface area contributed by atoms with Gasteiger partial charge in [0.1, 0.15) is 12.1 Å². The minimum absolute atomic E-state index is 0.337. The maximum Gasteiger partial charge on any atom is 0.328 e. The van der Waals surface area contributed by atoms with Gasteiger partial charge in [0.05, 0.1) is 12.0 Å². The molecule has 0 bridgehead atoms. The van der Waals surface area contributed by atoms with E-state index in [1.807, 2.05) is 44.2 Å². The van der Waals surface area contributed by atoms with Crippen LogP contribution in [-0.2, 0) is 25.5 Å². The second kappa shape index (κ2) is 7.70. The summed E-state index contributed by atoms with van der Waals surface area (Å²) in [7, 11) is 1.29. The standard InChI is InChI=1S/C17H22N2O4S/c1-17(2)19(11-20)14(10-24-17)15(21)18-13(16(22)23-3)9-12-7-5-4-6-8-12/h4-8,11,13-14H,9-10H2,1-3H3,(H,18,21)/t13-,14-/m1/s1. The van der Waals surface area contributed by atoms with Crippen molar-refractivity contribution >= 4 is 30.0 Å². The maximum atomic E-state index is 12.6. The van der Waals surface area contributed by atoms with Gasteiger partial charge in [-0.05, 0) is 19.4 Å². The Kier molecular flexibility index (Phi) is 5.88. The number of hydrogen-bond donors (Lipinski definition) is 1.